The van der Waals surface area contributed by atoms with Crippen molar-refractivity contribution in [2.75, 3.05) is 12.4 Å². The molecule has 136 valence electrons. The molecule has 1 amide bonds. The normalized spacial score (nSPS) is 15.3. The van der Waals surface area contributed by atoms with Crippen LogP contribution in [0.1, 0.15) is 52.5 Å². The molecule has 1 heterocycles. The first-order valence-electron chi connectivity index (χ1n) is 8.45. The Morgan fingerprint density at radius 3 is 2.56 bits per heavy atom. The van der Waals surface area contributed by atoms with E-state index in [1.807, 2.05) is 25.3 Å². The van der Waals surface area contributed by atoms with Gasteiger partial charge in [-0.25, -0.2) is 4.98 Å². The summed E-state index contributed by atoms with van der Waals surface area (Å²) in [6.07, 6.45) is 3.62. The lowest BCUT2D eigenvalue weighted by molar-refractivity contribution is -0.117. The average molecular weight is 384 g/mol. The number of aromatic nitrogens is 2. The number of carbonyl (C=O) groups is 1. The Bertz CT molecular complexity index is 820. The zero-order chi connectivity index (χ0) is 18.4. The van der Waals surface area contributed by atoms with E-state index in [1.165, 1.54) is 0 Å². The van der Waals surface area contributed by atoms with Gasteiger partial charge in [-0.15, -0.1) is 0 Å². The first-order valence-corrected chi connectivity index (χ1v) is 9.20. The molecule has 0 saturated heterocycles. The first-order chi connectivity index (χ1) is 11.7. The van der Waals surface area contributed by atoms with Gasteiger partial charge < -0.3 is 9.30 Å². The van der Waals surface area contributed by atoms with Crippen molar-refractivity contribution in [3.8, 4) is 5.75 Å². The second-order valence-electron chi connectivity index (χ2n) is 7.75. The van der Waals surface area contributed by atoms with Crippen molar-refractivity contribution in [3.05, 3.63) is 16.1 Å². The van der Waals surface area contributed by atoms with Crippen LogP contribution in [0.4, 0.5) is 5.95 Å². The summed E-state index contributed by atoms with van der Waals surface area (Å²) in [5.41, 5.74) is 1.24. The zero-order valence-electron chi connectivity index (χ0n) is 14.9. The number of hydrogen-bond donors (Lipinski definition) is 1. The summed E-state index contributed by atoms with van der Waals surface area (Å²) >= 11 is 12.7. The van der Waals surface area contributed by atoms with Crippen LogP contribution in [0.25, 0.3) is 11.0 Å². The third-order valence-corrected chi connectivity index (χ3v) is 4.98. The van der Waals surface area contributed by atoms with Gasteiger partial charge in [-0.2, -0.15) is 0 Å². The van der Waals surface area contributed by atoms with Crippen LogP contribution in [-0.2, 0) is 4.79 Å². The molecule has 3 rings (SSSR count). The largest absolute Gasteiger partial charge is 0.493 e. The minimum absolute atomic E-state index is 0.0652. The van der Waals surface area contributed by atoms with Crippen LogP contribution in [0.15, 0.2) is 6.07 Å². The van der Waals surface area contributed by atoms with E-state index >= 15 is 0 Å². The predicted octanol–water partition coefficient (Wildman–Crippen LogP) is 5.45. The number of benzene rings is 1. The lowest BCUT2D eigenvalue weighted by atomic mass is 9.92. The smallest absolute Gasteiger partial charge is 0.227 e. The van der Waals surface area contributed by atoms with Crippen LogP contribution in [-0.4, -0.2) is 22.6 Å². The number of nitrogens with zero attached hydrogens (tertiary/aromatic N) is 2. The summed E-state index contributed by atoms with van der Waals surface area (Å²) in [6, 6.07) is 1.89. The van der Waals surface area contributed by atoms with Gasteiger partial charge in [-0.3, -0.25) is 10.1 Å². The minimum atomic E-state index is -0.101. The molecule has 1 aliphatic rings. The fourth-order valence-electron chi connectivity index (χ4n) is 3.11. The van der Waals surface area contributed by atoms with E-state index in [1.54, 1.807) is 13.2 Å². The molecule has 0 aliphatic heterocycles. The SMILES string of the molecule is COc1c(Cl)cc(Cl)c2nc(NC(=O)CC(C)(C)C)n(C3CCC3)c12. The van der Waals surface area contributed by atoms with Crippen molar-refractivity contribution in [2.24, 2.45) is 5.41 Å². The zero-order valence-corrected chi connectivity index (χ0v) is 16.5. The molecule has 2 aromatic rings. The van der Waals surface area contributed by atoms with E-state index in [0.29, 0.717) is 33.7 Å². The molecule has 1 aromatic heterocycles. The number of halogens is 2. The standard InChI is InChI=1S/C18H23Cl2N3O2/c1-18(2,3)9-13(24)21-17-22-14-11(19)8-12(20)16(25-4)15(14)23(17)10-6-5-7-10/h8,10H,5-7,9H2,1-4H3,(H,21,22,24). The Balaban J connectivity index is 2.12. The number of amides is 1. The maximum Gasteiger partial charge on any atom is 0.227 e. The van der Waals surface area contributed by atoms with Gasteiger partial charge in [-0.05, 0) is 30.7 Å². The van der Waals surface area contributed by atoms with Crippen molar-refractivity contribution in [2.45, 2.75) is 52.5 Å². The van der Waals surface area contributed by atoms with E-state index in [4.69, 9.17) is 27.9 Å². The van der Waals surface area contributed by atoms with Crippen LogP contribution >= 0.6 is 23.2 Å². The lowest BCUT2D eigenvalue weighted by Gasteiger charge is -2.29. The lowest BCUT2D eigenvalue weighted by Crippen LogP contribution is -2.24. The summed E-state index contributed by atoms with van der Waals surface area (Å²) in [5.74, 6) is 0.984. The summed E-state index contributed by atoms with van der Waals surface area (Å²) in [6.45, 7) is 6.09. The highest BCUT2D eigenvalue weighted by Gasteiger charge is 2.29. The second kappa shape index (κ2) is 6.69. The van der Waals surface area contributed by atoms with Crippen LogP contribution in [0.2, 0.25) is 10.0 Å². The van der Waals surface area contributed by atoms with Crippen LogP contribution < -0.4 is 10.1 Å². The van der Waals surface area contributed by atoms with Crippen LogP contribution in [0.3, 0.4) is 0 Å². The van der Waals surface area contributed by atoms with Gasteiger partial charge >= 0.3 is 0 Å². The first kappa shape index (κ1) is 18.3. The molecule has 0 unspecified atom stereocenters. The van der Waals surface area contributed by atoms with Crippen LogP contribution in [0, 0.1) is 5.41 Å². The van der Waals surface area contributed by atoms with Crippen LogP contribution in [0.5, 0.6) is 5.75 Å². The predicted molar refractivity (Wildman–Crippen MR) is 102 cm³/mol. The number of rotatable bonds is 4. The molecule has 0 radical (unpaired) electrons. The number of imidazole rings is 1. The Hall–Kier alpha value is -1.46. The number of carbonyl (C=O) groups excluding carboxylic acids is 1. The van der Waals surface area contributed by atoms with Gasteiger partial charge in [0.15, 0.2) is 5.75 Å². The maximum atomic E-state index is 12.4. The number of anilines is 1. The fourth-order valence-corrected chi connectivity index (χ4v) is 3.68. The Labute approximate surface area is 157 Å². The average Bonchev–Trinajstić information content (AvgIpc) is 2.75. The number of ether oxygens (including phenoxy) is 1. The number of fused-ring (bicyclic) bond motifs is 1. The van der Waals surface area contributed by atoms with Gasteiger partial charge in [0.25, 0.3) is 0 Å². The molecule has 0 atom stereocenters. The van der Waals surface area contributed by atoms with Gasteiger partial charge in [0, 0.05) is 12.5 Å². The summed E-state index contributed by atoms with van der Waals surface area (Å²) in [7, 11) is 1.57. The van der Waals surface area contributed by atoms with E-state index < -0.39 is 0 Å². The van der Waals surface area contributed by atoms with E-state index in [0.717, 1.165) is 24.8 Å². The molecule has 0 spiro atoms. The van der Waals surface area contributed by atoms with E-state index in [2.05, 4.69) is 10.3 Å². The number of methoxy groups -OCH3 is 1. The third kappa shape index (κ3) is 3.58. The highest BCUT2D eigenvalue weighted by molar-refractivity contribution is 6.39. The summed E-state index contributed by atoms with van der Waals surface area (Å²) in [4.78, 5) is 17.0. The van der Waals surface area contributed by atoms with Gasteiger partial charge in [-0.1, -0.05) is 44.0 Å². The molecule has 7 heteroatoms. The van der Waals surface area contributed by atoms with Gasteiger partial charge in [0.1, 0.15) is 11.0 Å². The summed E-state index contributed by atoms with van der Waals surface area (Å²) in [5, 5.41) is 3.85. The quantitative estimate of drug-likeness (QED) is 0.763. The Kier molecular flexibility index (Phi) is 4.91. The van der Waals surface area contributed by atoms with Crippen molar-refractivity contribution < 1.29 is 9.53 Å². The van der Waals surface area contributed by atoms with E-state index in [9.17, 15) is 4.79 Å². The number of hydrogen-bond acceptors (Lipinski definition) is 3. The molecular weight excluding hydrogens is 361 g/mol. The molecule has 25 heavy (non-hydrogen) atoms. The van der Waals surface area contributed by atoms with Gasteiger partial charge in [0.05, 0.1) is 17.2 Å². The number of nitrogens with one attached hydrogen (secondary N) is 1. The highest BCUT2D eigenvalue weighted by Crippen LogP contribution is 2.44. The van der Waals surface area contributed by atoms with Crippen molar-refractivity contribution in [1.82, 2.24) is 9.55 Å². The molecule has 5 nitrogen and oxygen atoms in total. The topological polar surface area (TPSA) is 56.1 Å². The molecule has 1 aliphatic carbocycles. The molecule has 0 bridgehead atoms. The fraction of sp³-hybridized carbons (Fsp3) is 0.556. The minimum Gasteiger partial charge on any atom is -0.493 e. The van der Waals surface area contributed by atoms with Crippen molar-refractivity contribution in [3.63, 3.8) is 0 Å². The molecular formula is C18H23Cl2N3O2. The second-order valence-corrected chi connectivity index (χ2v) is 8.56. The van der Waals surface area contributed by atoms with Gasteiger partial charge in [0.2, 0.25) is 11.9 Å². The third-order valence-electron chi connectivity index (χ3n) is 4.41. The van der Waals surface area contributed by atoms with E-state index in [-0.39, 0.29) is 17.4 Å². The Morgan fingerprint density at radius 1 is 1.36 bits per heavy atom. The molecule has 1 aromatic carbocycles. The monoisotopic (exact) mass is 383 g/mol. The Morgan fingerprint density at radius 2 is 2.04 bits per heavy atom. The molecule has 1 fully saturated rings. The van der Waals surface area contributed by atoms with Crippen molar-refractivity contribution in [1.29, 1.82) is 0 Å². The molecule has 1 saturated carbocycles. The molecule has 1 N–H and O–H groups in total. The summed E-state index contributed by atoms with van der Waals surface area (Å²) < 4.78 is 7.53. The maximum absolute atomic E-state index is 12.4. The highest BCUT2D eigenvalue weighted by atomic mass is 35.5. The van der Waals surface area contributed by atoms with Crippen molar-refractivity contribution >= 4 is 46.1 Å².